The number of aromatic nitrogens is 4. The van der Waals surface area contributed by atoms with Crippen LogP contribution in [-0.4, -0.2) is 51.4 Å². The Bertz CT molecular complexity index is 1740. The van der Waals surface area contributed by atoms with E-state index in [4.69, 9.17) is 4.42 Å². The molecule has 0 saturated carbocycles. The standard InChI is InChI=1S/C24H21F6N5O4S/c1-40(37,38)33-8-6-16(7-9-33)35-18-5-4-15(24(28,29)30)11-19(18)34(23(35)36)12-14-3-2-13(10-17(14)25)21-31-32-22(39-21)20(26)27/h2-5,10-11,16,20H,6-9,12H2,1H3. The largest absolute Gasteiger partial charge is 0.416 e. The van der Waals surface area contributed by atoms with Crippen molar-refractivity contribution in [2.75, 3.05) is 19.3 Å². The molecule has 1 aliphatic heterocycles. The van der Waals surface area contributed by atoms with Crippen LogP contribution in [0.3, 0.4) is 0 Å². The quantitative estimate of drug-likeness (QED) is 0.305. The maximum atomic E-state index is 15.1. The van der Waals surface area contributed by atoms with Crippen molar-refractivity contribution in [1.82, 2.24) is 23.6 Å². The molecule has 2 aromatic heterocycles. The van der Waals surface area contributed by atoms with Crippen LogP contribution >= 0.6 is 0 Å². The zero-order valence-corrected chi connectivity index (χ0v) is 21.5. The third-order valence-electron chi connectivity index (χ3n) is 6.80. The van der Waals surface area contributed by atoms with E-state index in [0.29, 0.717) is 0 Å². The predicted octanol–water partition coefficient (Wildman–Crippen LogP) is 4.59. The Morgan fingerprint density at radius 2 is 1.75 bits per heavy atom. The maximum Gasteiger partial charge on any atom is 0.416 e. The van der Waals surface area contributed by atoms with Gasteiger partial charge in [0.05, 0.1) is 29.4 Å². The number of fused-ring (bicyclic) bond motifs is 1. The zero-order chi connectivity index (χ0) is 29.0. The highest BCUT2D eigenvalue weighted by Gasteiger charge is 2.33. The highest BCUT2D eigenvalue weighted by Crippen LogP contribution is 2.34. The lowest BCUT2D eigenvalue weighted by molar-refractivity contribution is -0.137. The second-order valence-corrected chi connectivity index (χ2v) is 11.4. The predicted molar refractivity (Wildman–Crippen MR) is 130 cm³/mol. The summed E-state index contributed by atoms with van der Waals surface area (Å²) in [6, 6.07) is 5.81. The topological polar surface area (TPSA) is 103 Å². The molecule has 1 fully saturated rings. The van der Waals surface area contributed by atoms with Gasteiger partial charge in [0.1, 0.15) is 5.82 Å². The van der Waals surface area contributed by atoms with E-state index in [1.165, 1.54) is 27.1 Å². The summed E-state index contributed by atoms with van der Waals surface area (Å²) in [6.07, 6.45) is -6.15. The molecule has 0 aliphatic carbocycles. The lowest BCUT2D eigenvalue weighted by atomic mass is 10.1. The number of benzene rings is 2. The van der Waals surface area contributed by atoms with E-state index in [2.05, 4.69) is 10.2 Å². The lowest BCUT2D eigenvalue weighted by Crippen LogP contribution is -2.40. The summed E-state index contributed by atoms with van der Waals surface area (Å²) >= 11 is 0. The monoisotopic (exact) mass is 589 g/mol. The number of nitrogens with zero attached hydrogens (tertiary/aromatic N) is 5. The first kappa shape index (κ1) is 27.9. The van der Waals surface area contributed by atoms with E-state index >= 15 is 4.39 Å². The van der Waals surface area contributed by atoms with Gasteiger partial charge in [0.2, 0.25) is 15.9 Å². The summed E-state index contributed by atoms with van der Waals surface area (Å²) in [7, 11) is -3.45. The third kappa shape index (κ3) is 5.24. The van der Waals surface area contributed by atoms with E-state index < -0.39 is 58.2 Å². The molecule has 1 aliphatic rings. The Morgan fingerprint density at radius 3 is 2.33 bits per heavy atom. The molecule has 1 saturated heterocycles. The van der Waals surface area contributed by atoms with Crippen LogP contribution < -0.4 is 5.69 Å². The molecule has 0 N–H and O–H groups in total. The first-order valence-corrected chi connectivity index (χ1v) is 13.8. The van der Waals surface area contributed by atoms with Gasteiger partial charge in [-0.3, -0.25) is 9.13 Å². The molecule has 2 aromatic carbocycles. The molecule has 5 rings (SSSR count). The summed E-state index contributed by atoms with van der Waals surface area (Å²) < 4.78 is 113. The molecule has 214 valence electrons. The van der Waals surface area contributed by atoms with Crippen LogP contribution in [0.25, 0.3) is 22.5 Å². The number of hydrogen-bond donors (Lipinski definition) is 0. The minimum atomic E-state index is -4.70. The van der Waals surface area contributed by atoms with Crippen LogP contribution in [0.15, 0.2) is 45.6 Å². The number of piperidine rings is 1. The normalized spacial score (nSPS) is 15.9. The molecule has 40 heavy (non-hydrogen) atoms. The van der Waals surface area contributed by atoms with Gasteiger partial charge >= 0.3 is 18.3 Å². The second-order valence-electron chi connectivity index (χ2n) is 9.39. The molecule has 0 radical (unpaired) electrons. The number of imidazole rings is 1. The van der Waals surface area contributed by atoms with Crippen LogP contribution in [0.2, 0.25) is 0 Å². The first-order valence-electron chi connectivity index (χ1n) is 11.9. The van der Waals surface area contributed by atoms with Crippen molar-refractivity contribution >= 4 is 21.1 Å². The summed E-state index contributed by atoms with van der Waals surface area (Å²) in [5, 5.41) is 6.64. The molecule has 0 unspecified atom stereocenters. The van der Waals surface area contributed by atoms with Gasteiger partial charge in [-0.25, -0.2) is 21.9 Å². The van der Waals surface area contributed by atoms with E-state index in [-0.39, 0.29) is 54.0 Å². The number of sulfonamides is 1. The Labute approximate surface area is 222 Å². The average molecular weight is 590 g/mol. The molecular weight excluding hydrogens is 568 g/mol. The van der Waals surface area contributed by atoms with Gasteiger partial charge in [-0.05, 0) is 43.2 Å². The van der Waals surface area contributed by atoms with Gasteiger partial charge in [0.15, 0.2) is 0 Å². The lowest BCUT2D eigenvalue weighted by Gasteiger charge is -2.30. The Hall–Kier alpha value is -3.66. The minimum absolute atomic E-state index is 0.00702. The van der Waals surface area contributed by atoms with Gasteiger partial charge < -0.3 is 4.42 Å². The minimum Gasteiger partial charge on any atom is -0.415 e. The smallest absolute Gasteiger partial charge is 0.415 e. The molecule has 0 amide bonds. The zero-order valence-electron chi connectivity index (χ0n) is 20.7. The van der Waals surface area contributed by atoms with Crippen molar-refractivity contribution < 1.29 is 39.2 Å². The number of alkyl halides is 5. The average Bonchev–Trinajstić information content (AvgIpc) is 3.48. The molecular formula is C24H21F6N5O4S. The van der Waals surface area contributed by atoms with E-state index in [0.717, 1.165) is 29.0 Å². The third-order valence-corrected chi connectivity index (χ3v) is 8.11. The summed E-state index contributed by atoms with van der Waals surface area (Å²) in [5.74, 6) is -2.18. The fourth-order valence-corrected chi connectivity index (χ4v) is 5.69. The summed E-state index contributed by atoms with van der Waals surface area (Å²) in [5.41, 5.74) is -1.64. The summed E-state index contributed by atoms with van der Waals surface area (Å²) in [6.45, 7) is -0.186. The van der Waals surface area contributed by atoms with Gasteiger partial charge in [-0.15, -0.1) is 10.2 Å². The molecule has 0 atom stereocenters. The van der Waals surface area contributed by atoms with Crippen LogP contribution in [-0.2, 0) is 22.7 Å². The van der Waals surface area contributed by atoms with Crippen molar-refractivity contribution in [3.63, 3.8) is 0 Å². The van der Waals surface area contributed by atoms with Crippen LogP contribution in [0.5, 0.6) is 0 Å². The van der Waals surface area contributed by atoms with Crippen molar-refractivity contribution in [3.8, 4) is 11.5 Å². The highest BCUT2D eigenvalue weighted by molar-refractivity contribution is 7.88. The van der Waals surface area contributed by atoms with Crippen molar-refractivity contribution in [2.24, 2.45) is 0 Å². The van der Waals surface area contributed by atoms with Crippen LogP contribution in [0.1, 0.15) is 42.3 Å². The first-order chi connectivity index (χ1) is 18.7. The van der Waals surface area contributed by atoms with E-state index in [9.17, 15) is 35.2 Å². The SMILES string of the molecule is CS(=O)(=O)N1CCC(n2c(=O)n(Cc3ccc(-c4nnc(C(F)F)o4)cc3F)c3cc(C(F)(F)F)ccc32)CC1. The Balaban J connectivity index is 1.54. The van der Waals surface area contributed by atoms with Gasteiger partial charge in [0, 0.05) is 30.3 Å². The van der Waals surface area contributed by atoms with Gasteiger partial charge in [-0.1, -0.05) is 6.07 Å². The molecule has 0 bridgehead atoms. The van der Waals surface area contributed by atoms with Crippen molar-refractivity contribution in [2.45, 2.75) is 38.0 Å². The van der Waals surface area contributed by atoms with Crippen LogP contribution in [0.4, 0.5) is 26.3 Å². The molecule has 4 aromatic rings. The van der Waals surface area contributed by atoms with Crippen molar-refractivity contribution in [1.29, 1.82) is 0 Å². The Kier molecular flexibility index (Phi) is 7.02. The van der Waals surface area contributed by atoms with Gasteiger partial charge in [-0.2, -0.15) is 22.0 Å². The maximum absolute atomic E-state index is 15.1. The molecule has 0 spiro atoms. The second kappa shape index (κ2) is 10.1. The molecule has 3 heterocycles. The highest BCUT2D eigenvalue weighted by atomic mass is 32.2. The van der Waals surface area contributed by atoms with E-state index in [1.54, 1.807) is 0 Å². The van der Waals surface area contributed by atoms with Crippen LogP contribution in [0, 0.1) is 5.82 Å². The van der Waals surface area contributed by atoms with E-state index in [1.807, 2.05) is 0 Å². The number of halogens is 6. The Morgan fingerprint density at radius 1 is 1.05 bits per heavy atom. The summed E-state index contributed by atoms with van der Waals surface area (Å²) in [4.78, 5) is 13.6. The van der Waals surface area contributed by atoms with Gasteiger partial charge in [0.25, 0.3) is 5.89 Å². The number of rotatable bonds is 6. The fourth-order valence-electron chi connectivity index (χ4n) is 4.81. The number of hydrogen-bond acceptors (Lipinski definition) is 6. The fraction of sp³-hybridized carbons (Fsp3) is 0.375. The molecule has 9 nitrogen and oxygen atoms in total. The molecule has 16 heteroatoms. The van der Waals surface area contributed by atoms with Crippen molar-refractivity contribution in [3.05, 3.63) is 69.7 Å².